The molecular weight excluding hydrogens is 388 g/mol. The van der Waals surface area contributed by atoms with Crippen LogP contribution in [0.2, 0.25) is 0 Å². The minimum Gasteiger partial charge on any atom is -0.478 e. The molecule has 0 radical (unpaired) electrons. The second-order valence-electron chi connectivity index (χ2n) is 8.49. The SMILES string of the molecule is CCCc1[nH]c(=O)n(C2CCCCC2)c1Cc1ccc(-c2ccccc2C(=O)O)cc1. The number of aromatic carboxylic acids is 1. The van der Waals surface area contributed by atoms with Gasteiger partial charge in [0.25, 0.3) is 0 Å². The quantitative estimate of drug-likeness (QED) is 0.525. The molecule has 162 valence electrons. The number of imidazole rings is 1. The molecule has 0 bridgehead atoms. The molecular formula is C26H30N2O3. The van der Waals surface area contributed by atoms with E-state index >= 15 is 0 Å². The van der Waals surface area contributed by atoms with Gasteiger partial charge in [0.2, 0.25) is 0 Å². The Labute approximate surface area is 182 Å². The Balaban J connectivity index is 1.65. The first-order valence-electron chi connectivity index (χ1n) is 11.3. The lowest BCUT2D eigenvalue weighted by Gasteiger charge is -2.24. The Morgan fingerprint density at radius 3 is 2.45 bits per heavy atom. The summed E-state index contributed by atoms with van der Waals surface area (Å²) >= 11 is 0. The summed E-state index contributed by atoms with van der Waals surface area (Å²) in [5.74, 6) is -0.923. The topological polar surface area (TPSA) is 75.1 Å². The molecule has 0 saturated heterocycles. The van der Waals surface area contributed by atoms with Gasteiger partial charge in [-0.05, 0) is 42.0 Å². The van der Waals surface area contributed by atoms with Gasteiger partial charge in [-0.1, -0.05) is 75.1 Å². The Kier molecular flexibility index (Phi) is 6.40. The zero-order valence-electron chi connectivity index (χ0n) is 18.1. The van der Waals surface area contributed by atoms with E-state index in [0.717, 1.165) is 48.2 Å². The van der Waals surface area contributed by atoms with Crippen molar-refractivity contribution < 1.29 is 9.90 Å². The van der Waals surface area contributed by atoms with Crippen molar-refractivity contribution in [3.8, 4) is 11.1 Å². The van der Waals surface area contributed by atoms with Crippen LogP contribution in [0.3, 0.4) is 0 Å². The Morgan fingerprint density at radius 1 is 1.06 bits per heavy atom. The number of hydrogen-bond donors (Lipinski definition) is 2. The number of carboxylic acids is 1. The van der Waals surface area contributed by atoms with Crippen LogP contribution in [0, 0.1) is 0 Å². The number of nitrogens with zero attached hydrogens (tertiary/aromatic N) is 1. The minimum atomic E-state index is -0.923. The fourth-order valence-electron chi connectivity index (χ4n) is 4.82. The standard InChI is InChI=1S/C26H30N2O3/c1-2-8-23-24(28(26(31)27-23)20-9-4-3-5-10-20)17-18-13-15-19(16-14-18)21-11-6-7-12-22(21)25(29)30/h6-7,11-16,20H,2-5,8-10,17H2,1H3,(H,27,31)(H,29,30). The molecule has 1 aromatic heterocycles. The van der Waals surface area contributed by atoms with Crippen LogP contribution in [-0.4, -0.2) is 20.6 Å². The van der Waals surface area contributed by atoms with E-state index in [1.165, 1.54) is 19.3 Å². The summed E-state index contributed by atoms with van der Waals surface area (Å²) < 4.78 is 2.03. The highest BCUT2D eigenvalue weighted by molar-refractivity contribution is 5.95. The molecule has 2 aromatic carbocycles. The fraction of sp³-hybridized carbons (Fsp3) is 0.385. The number of hydrogen-bond acceptors (Lipinski definition) is 2. The van der Waals surface area contributed by atoms with Gasteiger partial charge in [-0.2, -0.15) is 0 Å². The predicted molar refractivity (Wildman–Crippen MR) is 123 cm³/mol. The molecule has 1 aliphatic rings. The molecule has 0 amide bonds. The van der Waals surface area contributed by atoms with E-state index in [4.69, 9.17) is 0 Å². The van der Waals surface area contributed by atoms with Crippen molar-refractivity contribution in [1.82, 2.24) is 9.55 Å². The highest BCUT2D eigenvalue weighted by Crippen LogP contribution is 2.30. The molecule has 5 heteroatoms. The van der Waals surface area contributed by atoms with Crippen LogP contribution in [0.5, 0.6) is 0 Å². The normalized spacial score (nSPS) is 14.6. The molecule has 4 rings (SSSR count). The lowest BCUT2D eigenvalue weighted by molar-refractivity contribution is 0.0697. The third kappa shape index (κ3) is 4.50. The average molecular weight is 419 g/mol. The second-order valence-corrected chi connectivity index (χ2v) is 8.49. The third-order valence-electron chi connectivity index (χ3n) is 6.35. The highest BCUT2D eigenvalue weighted by Gasteiger charge is 2.23. The molecule has 1 fully saturated rings. The lowest BCUT2D eigenvalue weighted by Crippen LogP contribution is -2.26. The van der Waals surface area contributed by atoms with Crippen LogP contribution in [0.4, 0.5) is 0 Å². The molecule has 0 spiro atoms. The molecule has 0 aliphatic heterocycles. The number of carboxylic acid groups (broad SMARTS) is 1. The Hall–Kier alpha value is -3.08. The number of H-pyrrole nitrogens is 1. The van der Waals surface area contributed by atoms with Gasteiger partial charge < -0.3 is 10.1 Å². The van der Waals surface area contributed by atoms with E-state index in [9.17, 15) is 14.7 Å². The van der Waals surface area contributed by atoms with Crippen molar-refractivity contribution in [2.45, 2.75) is 64.3 Å². The summed E-state index contributed by atoms with van der Waals surface area (Å²) in [6.45, 7) is 2.13. The number of carbonyl (C=O) groups is 1. The summed E-state index contributed by atoms with van der Waals surface area (Å²) in [5, 5.41) is 9.48. The van der Waals surface area contributed by atoms with Crippen molar-refractivity contribution in [2.24, 2.45) is 0 Å². The number of aryl methyl sites for hydroxylation is 1. The minimum absolute atomic E-state index is 0.0253. The first-order chi connectivity index (χ1) is 15.1. The van der Waals surface area contributed by atoms with Crippen LogP contribution in [-0.2, 0) is 12.8 Å². The summed E-state index contributed by atoms with van der Waals surface area (Å²) in [6.07, 6.45) is 8.32. The fourth-order valence-corrected chi connectivity index (χ4v) is 4.82. The Bertz CT molecular complexity index is 1100. The van der Waals surface area contributed by atoms with Crippen molar-refractivity contribution in [3.63, 3.8) is 0 Å². The molecule has 0 unspecified atom stereocenters. The number of aromatic nitrogens is 2. The molecule has 1 saturated carbocycles. The zero-order valence-corrected chi connectivity index (χ0v) is 18.1. The summed E-state index contributed by atoms with van der Waals surface area (Å²) in [6, 6.07) is 15.4. The molecule has 0 atom stereocenters. The van der Waals surface area contributed by atoms with Crippen LogP contribution in [0.1, 0.15) is 78.8 Å². The van der Waals surface area contributed by atoms with Crippen molar-refractivity contribution in [2.75, 3.05) is 0 Å². The second kappa shape index (κ2) is 9.38. The van der Waals surface area contributed by atoms with Crippen molar-refractivity contribution in [3.05, 3.63) is 81.5 Å². The van der Waals surface area contributed by atoms with Gasteiger partial charge in [0.05, 0.1) is 5.56 Å². The average Bonchev–Trinajstić information content (AvgIpc) is 3.09. The van der Waals surface area contributed by atoms with Crippen molar-refractivity contribution in [1.29, 1.82) is 0 Å². The number of rotatable bonds is 7. The van der Waals surface area contributed by atoms with Gasteiger partial charge in [-0.25, -0.2) is 9.59 Å². The van der Waals surface area contributed by atoms with Crippen LogP contribution in [0.25, 0.3) is 11.1 Å². The zero-order chi connectivity index (χ0) is 21.8. The smallest absolute Gasteiger partial charge is 0.336 e. The molecule has 3 aromatic rings. The monoisotopic (exact) mass is 418 g/mol. The van der Waals surface area contributed by atoms with Gasteiger partial charge in [-0.15, -0.1) is 0 Å². The maximum absolute atomic E-state index is 12.8. The number of nitrogens with one attached hydrogen (secondary N) is 1. The van der Waals surface area contributed by atoms with Crippen LogP contribution < -0.4 is 5.69 Å². The van der Waals surface area contributed by atoms with Crippen LogP contribution in [0.15, 0.2) is 53.3 Å². The maximum Gasteiger partial charge on any atom is 0.336 e. The first-order valence-corrected chi connectivity index (χ1v) is 11.3. The molecule has 1 heterocycles. The van der Waals surface area contributed by atoms with E-state index in [1.807, 2.05) is 41.0 Å². The third-order valence-corrected chi connectivity index (χ3v) is 6.35. The Morgan fingerprint density at radius 2 is 1.77 bits per heavy atom. The van der Waals surface area contributed by atoms with E-state index in [2.05, 4.69) is 11.9 Å². The first kappa shape index (κ1) is 21.2. The van der Waals surface area contributed by atoms with Gasteiger partial charge in [0.1, 0.15) is 0 Å². The summed E-state index contributed by atoms with van der Waals surface area (Å²) in [4.78, 5) is 27.5. The molecule has 1 aliphatic carbocycles. The highest BCUT2D eigenvalue weighted by atomic mass is 16.4. The molecule has 5 nitrogen and oxygen atoms in total. The van der Waals surface area contributed by atoms with Gasteiger partial charge in [-0.3, -0.25) is 4.57 Å². The van der Waals surface area contributed by atoms with E-state index < -0.39 is 5.97 Å². The van der Waals surface area contributed by atoms with Gasteiger partial charge >= 0.3 is 11.7 Å². The van der Waals surface area contributed by atoms with Gasteiger partial charge in [0, 0.05) is 23.9 Å². The largest absolute Gasteiger partial charge is 0.478 e. The lowest BCUT2D eigenvalue weighted by atomic mass is 9.94. The van der Waals surface area contributed by atoms with E-state index in [1.54, 1.807) is 12.1 Å². The summed E-state index contributed by atoms with van der Waals surface area (Å²) in [7, 11) is 0. The van der Waals surface area contributed by atoms with E-state index in [0.29, 0.717) is 23.6 Å². The predicted octanol–water partition coefficient (Wildman–Crippen LogP) is 5.59. The van der Waals surface area contributed by atoms with Gasteiger partial charge in [0.15, 0.2) is 0 Å². The number of aromatic amines is 1. The van der Waals surface area contributed by atoms with Crippen molar-refractivity contribution >= 4 is 5.97 Å². The molecule has 31 heavy (non-hydrogen) atoms. The number of benzene rings is 2. The molecule has 2 N–H and O–H groups in total. The van der Waals surface area contributed by atoms with Crippen LogP contribution >= 0.6 is 0 Å². The summed E-state index contributed by atoms with van der Waals surface area (Å²) in [5.41, 5.74) is 5.21. The maximum atomic E-state index is 12.8. The van der Waals surface area contributed by atoms with E-state index in [-0.39, 0.29) is 5.69 Å².